The number of nitrogens with one attached hydrogen (secondary N) is 1. The monoisotopic (exact) mass is 983 g/mol. The van der Waals surface area contributed by atoms with Gasteiger partial charge in [-0.25, -0.2) is 0 Å². The highest BCUT2D eigenvalue weighted by atomic mass is 31.2. The molecule has 396 valence electrons. The fourth-order valence-electron chi connectivity index (χ4n) is 7.25. The van der Waals surface area contributed by atoms with Gasteiger partial charge in [-0.3, -0.25) is 14.2 Å². The van der Waals surface area contributed by atoms with Gasteiger partial charge in [0.15, 0.2) is 0 Å². The molecular weight excluding hydrogens is 880 g/mol. The van der Waals surface area contributed by atoms with Gasteiger partial charge in [0.25, 0.3) is 7.82 Å². The minimum absolute atomic E-state index is 0.0413. The number of unbranched alkanes of at least 4 members (excludes halogenated alkanes) is 18. The predicted molar refractivity (Wildman–Crippen MR) is 293 cm³/mol. The van der Waals surface area contributed by atoms with Crippen molar-refractivity contribution in [3.8, 4) is 0 Å². The highest BCUT2D eigenvalue weighted by molar-refractivity contribution is 7.45. The SMILES string of the molecule is CC/C=C\C/C=C\C/C=C\C/C=C\C/C=C\CCCCCC(=O)NC(COP(=O)([O-])OCC[N+](C)(C)C)C(/C=C\CCCCCCCCCCC)OC(=O)CC/C=C/C/C=C\CCCCCCCC. The third-order valence-corrected chi connectivity index (χ3v) is 12.5. The Bertz CT molecular complexity index is 1510. The first-order valence-electron chi connectivity index (χ1n) is 27.5. The molecule has 0 bridgehead atoms. The molecule has 9 nitrogen and oxygen atoms in total. The van der Waals surface area contributed by atoms with Crippen molar-refractivity contribution in [2.24, 2.45) is 0 Å². The van der Waals surface area contributed by atoms with E-state index in [1.54, 1.807) is 6.08 Å². The third-order valence-electron chi connectivity index (χ3n) is 11.5. The zero-order valence-electron chi connectivity index (χ0n) is 45.0. The molecule has 0 aromatic rings. The molecule has 0 saturated carbocycles. The van der Waals surface area contributed by atoms with Crippen LogP contribution in [0.5, 0.6) is 0 Å². The summed E-state index contributed by atoms with van der Waals surface area (Å²) in [7, 11) is 1.12. The number of esters is 1. The first-order chi connectivity index (χ1) is 33.4. The summed E-state index contributed by atoms with van der Waals surface area (Å²) in [5, 5.41) is 2.98. The van der Waals surface area contributed by atoms with Gasteiger partial charge < -0.3 is 28.5 Å². The van der Waals surface area contributed by atoms with Gasteiger partial charge in [0.05, 0.1) is 33.8 Å². The molecule has 0 spiro atoms. The highest BCUT2D eigenvalue weighted by Crippen LogP contribution is 2.38. The van der Waals surface area contributed by atoms with E-state index in [1.165, 1.54) is 83.5 Å². The van der Waals surface area contributed by atoms with Crippen molar-refractivity contribution in [1.82, 2.24) is 5.32 Å². The predicted octanol–water partition coefficient (Wildman–Crippen LogP) is 15.8. The Kier molecular flexibility index (Phi) is 46.4. The normalized spacial score (nSPS) is 14.6. The Morgan fingerprint density at radius 2 is 0.942 bits per heavy atom. The van der Waals surface area contributed by atoms with E-state index in [0.717, 1.165) is 83.5 Å². The van der Waals surface area contributed by atoms with E-state index >= 15 is 0 Å². The molecule has 0 aliphatic carbocycles. The smallest absolute Gasteiger partial charge is 0.306 e. The lowest BCUT2D eigenvalue weighted by Crippen LogP contribution is -2.47. The first kappa shape index (κ1) is 65.9. The van der Waals surface area contributed by atoms with Crippen LogP contribution in [0.2, 0.25) is 0 Å². The Hall–Kier alpha value is -3.07. The van der Waals surface area contributed by atoms with Crippen molar-refractivity contribution in [2.45, 2.75) is 226 Å². The number of phosphoric acid groups is 1. The summed E-state index contributed by atoms with van der Waals surface area (Å²) in [6.07, 6.45) is 63.9. The summed E-state index contributed by atoms with van der Waals surface area (Å²) in [5.74, 6) is -0.666. The average Bonchev–Trinajstić information content (AvgIpc) is 3.31. The molecule has 0 aromatic heterocycles. The van der Waals surface area contributed by atoms with Crippen molar-refractivity contribution in [1.29, 1.82) is 0 Å². The second-order valence-electron chi connectivity index (χ2n) is 19.3. The molecule has 3 unspecified atom stereocenters. The van der Waals surface area contributed by atoms with E-state index in [0.29, 0.717) is 23.9 Å². The van der Waals surface area contributed by atoms with Crippen LogP contribution in [0.1, 0.15) is 213 Å². The number of rotatable bonds is 48. The van der Waals surface area contributed by atoms with Crippen LogP contribution >= 0.6 is 7.82 Å². The molecule has 0 aliphatic rings. The molecule has 0 rings (SSSR count). The fraction of sp³-hybridized carbons (Fsp3) is 0.695. The number of hydrogen-bond donors (Lipinski definition) is 1. The molecule has 0 radical (unpaired) electrons. The Morgan fingerprint density at radius 3 is 1.42 bits per heavy atom. The maximum Gasteiger partial charge on any atom is 0.306 e. The molecular formula is C59H103N2O7P. The van der Waals surface area contributed by atoms with Crippen LogP contribution in [-0.2, 0) is 27.9 Å². The second kappa shape index (κ2) is 48.6. The molecule has 0 heterocycles. The summed E-state index contributed by atoms with van der Waals surface area (Å²) >= 11 is 0. The summed E-state index contributed by atoms with van der Waals surface area (Å²) in [5.41, 5.74) is 0. The second-order valence-corrected chi connectivity index (χ2v) is 20.8. The maximum absolute atomic E-state index is 13.4. The lowest BCUT2D eigenvalue weighted by molar-refractivity contribution is -0.870. The van der Waals surface area contributed by atoms with E-state index in [1.807, 2.05) is 33.3 Å². The molecule has 0 aliphatic heterocycles. The van der Waals surface area contributed by atoms with Crippen LogP contribution in [0.3, 0.4) is 0 Å². The highest BCUT2D eigenvalue weighted by Gasteiger charge is 2.27. The molecule has 0 fully saturated rings. The number of carbonyl (C=O) groups excluding carboxylic acids is 2. The quantitative estimate of drug-likeness (QED) is 0.0212. The topological polar surface area (TPSA) is 114 Å². The number of quaternary nitrogens is 1. The number of likely N-dealkylation sites (N-methyl/N-ethyl adjacent to an activating group) is 1. The van der Waals surface area contributed by atoms with Gasteiger partial charge in [0.1, 0.15) is 19.3 Å². The number of carbonyl (C=O) groups is 2. The third kappa shape index (κ3) is 49.7. The van der Waals surface area contributed by atoms with Crippen molar-refractivity contribution in [3.63, 3.8) is 0 Å². The van der Waals surface area contributed by atoms with Crippen LogP contribution in [-0.4, -0.2) is 69.4 Å². The van der Waals surface area contributed by atoms with E-state index in [-0.39, 0.29) is 25.4 Å². The molecule has 3 atom stereocenters. The maximum atomic E-state index is 13.4. The van der Waals surface area contributed by atoms with Crippen LogP contribution in [0, 0.1) is 0 Å². The van der Waals surface area contributed by atoms with Crippen molar-refractivity contribution in [2.75, 3.05) is 40.9 Å². The van der Waals surface area contributed by atoms with E-state index in [2.05, 4.69) is 105 Å². The minimum Gasteiger partial charge on any atom is -0.756 e. The number of nitrogens with zero attached hydrogens (tertiary/aromatic N) is 1. The van der Waals surface area contributed by atoms with E-state index in [4.69, 9.17) is 13.8 Å². The van der Waals surface area contributed by atoms with Gasteiger partial charge >= 0.3 is 5.97 Å². The number of amides is 1. The number of phosphoric ester groups is 1. The lowest BCUT2D eigenvalue weighted by atomic mass is 10.1. The van der Waals surface area contributed by atoms with Crippen LogP contribution in [0.4, 0.5) is 0 Å². The van der Waals surface area contributed by atoms with Crippen molar-refractivity contribution in [3.05, 3.63) is 97.2 Å². The van der Waals surface area contributed by atoms with Gasteiger partial charge in [0.2, 0.25) is 5.91 Å². The molecule has 69 heavy (non-hydrogen) atoms. The van der Waals surface area contributed by atoms with Gasteiger partial charge in [0, 0.05) is 12.8 Å². The molecule has 1 N–H and O–H groups in total. The molecule has 1 amide bonds. The summed E-state index contributed by atoms with van der Waals surface area (Å²) in [6, 6.07) is -0.932. The van der Waals surface area contributed by atoms with Crippen molar-refractivity contribution >= 4 is 19.7 Å². The largest absolute Gasteiger partial charge is 0.756 e. The van der Waals surface area contributed by atoms with Gasteiger partial charge in [-0.1, -0.05) is 202 Å². The standard InChI is InChI=1S/C59H103N2O7P/c1-7-10-13-16-19-22-25-27-28-29-30-31-32-34-36-39-42-45-48-51-58(62)60-56(55-67-69(64,65)66-54-53-61(4,5)6)57(50-47-44-41-38-35-24-21-18-15-12-9-3)68-59(63)52-49-46-43-40-37-33-26-23-20-17-14-11-8-2/h10,13,19,22,27-28,30-31,33-34,36-37,43,46-47,50,56-57H,7-9,11-12,14-18,20-21,23-26,29,32,35,38-42,44-45,48-49,51-55H2,1-6H3,(H-,60,62,64,65)/b13-10-,22-19-,28-27-,31-30-,36-34-,37-33-,46-43+,50-47-. The Labute approximate surface area is 424 Å². The summed E-state index contributed by atoms with van der Waals surface area (Å²) in [6.45, 7) is 6.62. The lowest BCUT2D eigenvalue weighted by Gasteiger charge is -2.30. The number of hydrogen-bond acceptors (Lipinski definition) is 7. The summed E-state index contributed by atoms with van der Waals surface area (Å²) in [4.78, 5) is 39.7. The summed E-state index contributed by atoms with van der Waals surface area (Å²) < 4.78 is 30.1. The number of ether oxygens (including phenoxy) is 1. The fourth-order valence-corrected chi connectivity index (χ4v) is 7.97. The average molecular weight is 983 g/mol. The molecule has 10 heteroatoms. The molecule has 0 aromatic carbocycles. The van der Waals surface area contributed by atoms with E-state index in [9.17, 15) is 19.0 Å². The Balaban J connectivity index is 5.47. The minimum atomic E-state index is -4.72. The van der Waals surface area contributed by atoms with Crippen molar-refractivity contribution < 1.29 is 37.3 Å². The van der Waals surface area contributed by atoms with E-state index < -0.39 is 32.5 Å². The van der Waals surface area contributed by atoms with Gasteiger partial charge in [-0.15, -0.1) is 0 Å². The first-order valence-corrected chi connectivity index (χ1v) is 29.0. The Morgan fingerprint density at radius 1 is 0.522 bits per heavy atom. The van der Waals surface area contributed by atoms with Crippen LogP contribution in [0.25, 0.3) is 0 Å². The zero-order chi connectivity index (χ0) is 50.8. The van der Waals surface area contributed by atoms with Crippen LogP contribution in [0.15, 0.2) is 97.2 Å². The van der Waals surface area contributed by atoms with Gasteiger partial charge in [-0.05, 0) is 96.0 Å². The molecule has 0 saturated heterocycles. The van der Waals surface area contributed by atoms with Gasteiger partial charge in [-0.2, -0.15) is 0 Å². The zero-order valence-corrected chi connectivity index (χ0v) is 45.9. The van der Waals surface area contributed by atoms with Crippen LogP contribution < -0.4 is 10.2 Å². The number of allylic oxidation sites excluding steroid dienone is 15.